The quantitative estimate of drug-likeness (QED) is 0.145. The van der Waals surface area contributed by atoms with Crippen LogP contribution in [-0.2, 0) is 0 Å². The van der Waals surface area contributed by atoms with E-state index in [1.165, 1.54) is 0 Å². The van der Waals surface area contributed by atoms with E-state index in [1.54, 1.807) is 48.5 Å². The zero-order valence-corrected chi connectivity index (χ0v) is 23.0. The van der Waals surface area contributed by atoms with Crippen molar-refractivity contribution in [1.29, 1.82) is 0 Å². The molecule has 1 aromatic heterocycles. The van der Waals surface area contributed by atoms with Gasteiger partial charge in [0.05, 0.1) is 24.7 Å². The van der Waals surface area contributed by atoms with E-state index in [-0.39, 0.29) is 76.5 Å². The molecule has 0 atom stereocenters. The summed E-state index contributed by atoms with van der Waals surface area (Å²) in [7, 11) is 0. The van der Waals surface area contributed by atoms with Crippen LogP contribution < -0.4 is 0 Å². The highest BCUT2D eigenvalue weighted by molar-refractivity contribution is 6.28. The summed E-state index contributed by atoms with van der Waals surface area (Å²) in [6.07, 6.45) is 0. The maximum Gasteiger partial charge on any atom is 0.136 e. The Balaban J connectivity index is 1.48. The fourth-order valence-corrected chi connectivity index (χ4v) is 6.43. The Morgan fingerprint density at radius 3 is 1.62 bits per heavy atom. The van der Waals surface area contributed by atoms with Crippen LogP contribution in [0.25, 0.3) is 98.1 Å². The molecular weight excluding hydrogens is 544 g/mol. The topological polar surface area (TPSA) is 13.1 Å². The fraction of sp³-hybridized carbons (Fsp3) is 0. The molecule has 1 nitrogen and oxygen atoms in total. The van der Waals surface area contributed by atoms with Crippen LogP contribution in [-0.4, -0.2) is 0 Å². The normalized spacial score (nSPS) is 17.6. The van der Waals surface area contributed by atoms with E-state index in [1.807, 2.05) is 0 Å². The van der Waals surface area contributed by atoms with E-state index >= 15 is 0 Å². The van der Waals surface area contributed by atoms with Crippen molar-refractivity contribution in [2.75, 3.05) is 0 Å². The third-order valence-electron chi connectivity index (χ3n) is 8.25. The molecule has 0 saturated heterocycles. The first-order valence-electron chi connectivity index (χ1n) is 23.1. The second-order valence-electron chi connectivity index (χ2n) is 10.6. The number of benzene rings is 9. The van der Waals surface area contributed by atoms with Crippen LogP contribution >= 0.6 is 0 Å². The highest BCUT2D eigenvalue weighted by Gasteiger charge is 2.21. The average molecular weight is 589 g/mol. The monoisotopic (exact) mass is 588 g/mol. The third kappa shape index (κ3) is 3.50. The van der Waals surface area contributed by atoms with E-state index in [4.69, 9.17) is 23.6 Å². The van der Waals surface area contributed by atoms with Crippen LogP contribution in [0.15, 0.2) is 162 Å². The van der Waals surface area contributed by atoms with Gasteiger partial charge in [-0.2, -0.15) is 0 Å². The summed E-state index contributed by atoms with van der Waals surface area (Å²) in [5, 5.41) is -0.191. The molecule has 9 aromatic carbocycles. The molecule has 1 heteroatoms. The van der Waals surface area contributed by atoms with E-state index in [0.717, 1.165) is 0 Å². The first-order chi connectivity index (χ1) is 29.8. The van der Waals surface area contributed by atoms with Crippen LogP contribution in [0.4, 0.5) is 0 Å². The van der Waals surface area contributed by atoms with Crippen molar-refractivity contribution in [2.24, 2.45) is 0 Å². The van der Waals surface area contributed by atoms with Crippen LogP contribution in [0.2, 0.25) is 0 Å². The first kappa shape index (κ1) is 13.0. The number of rotatable bonds is 2. The molecule has 0 fully saturated rings. The molecule has 0 aliphatic heterocycles. The molecule has 1 heterocycles. The second-order valence-corrected chi connectivity index (χ2v) is 10.6. The zero-order chi connectivity index (χ0) is 45.1. The Kier molecular flexibility index (Phi) is 2.68. The van der Waals surface area contributed by atoms with Crippen molar-refractivity contribution in [3.8, 4) is 22.3 Å². The summed E-state index contributed by atoms with van der Waals surface area (Å²) in [5.74, 6) is 0. The van der Waals surface area contributed by atoms with Crippen LogP contribution in [0.3, 0.4) is 0 Å². The second kappa shape index (κ2) is 9.29. The molecule has 0 saturated carbocycles. The SMILES string of the molecule is [2H]c1c([2H])c(-c2c3ccccc3c(-c3c([2H])c4c([2H])c([2H])c([2H])c([2H])c4c4c([2H])c([2H])c([2H])c([2H])c34)c3ccccc23)c2c(oc3c([2H])c4c([2H])c([2H])c([2H])c([2H])c4c([2H])c32)c1[2H]. The summed E-state index contributed by atoms with van der Waals surface area (Å²) in [6.45, 7) is 0. The molecule has 10 aromatic rings. The van der Waals surface area contributed by atoms with Gasteiger partial charge in [0.15, 0.2) is 0 Å². The minimum atomic E-state index is -0.647. The summed E-state index contributed by atoms with van der Waals surface area (Å²) in [5.41, 5.74) is -0.115. The Morgan fingerprint density at radius 2 is 0.933 bits per heavy atom. The maximum atomic E-state index is 9.78. The number of hydrogen-bond donors (Lipinski definition) is 0. The smallest absolute Gasteiger partial charge is 0.136 e. The Bertz CT molecular complexity index is 3780. The molecule has 0 aliphatic rings. The Hall–Kier alpha value is -5.92. The van der Waals surface area contributed by atoms with E-state index in [2.05, 4.69) is 0 Å². The van der Waals surface area contributed by atoms with Crippen LogP contribution in [0.1, 0.15) is 24.7 Å². The molecule has 0 amide bonds. The lowest BCUT2D eigenvalue weighted by atomic mass is 9.83. The van der Waals surface area contributed by atoms with E-state index in [0.29, 0.717) is 21.5 Å². The minimum absolute atomic E-state index is 0.0118. The number of hydrogen-bond acceptors (Lipinski definition) is 1. The van der Waals surface area contributed by atoms with Gasteiger partial charge in [-0.25, -0.2) is 0 Å². The van der Waals surface area contributed by atoms with Crippen molar-refractivity contribution < 1.29 is 29.1 Å². The lowest BCUT2D eigenvalue weighted by Gasteiger charge is -2.20. The molecule has 45 heavy (non-hydrogen) atoms. The van der Waals surface area contributed by atoms with Gasteiger partial charge in [0, 0.05) is 10.8 Å². The number of furan rings is 1. The number of fused-ring (bicyclic) bond motifs is 9. The van der Waals surface area contributed by atoms with Crippen molar-refractivity contribution in [3.63, 3.8) is 0 Å². The zero-order valence-electron chi connectivity index (χ0n) is 41.0. The van der Waals surface area contributed by atoms with Gasteiger partial charge in [0.25, 0.3) is 0 Å². The lowest BCUT2D eigenvalue weighted by Crippen LogP contribution is -1.92. The van der Waals surface area contributed by atoms with E-state index < -0.39 is 109 Å². The average Bonchev–Trinajstić information content (AvgIpc) is 3.68. The summed E-state index contributed by atoms with van der Waals surface area (Å²) in [4.78, 5) is 0. The van der Waals surface area contributed by atoms with Gasteiger partial charge in [-0.3, -0.25) is 0 Å². The van der Waals surface area contributed by atoms with Crippen molar-refractivity contribution in [3.05, 3.63) is 157 Å². The molecule has 0 spiro atoms. The minimum Gasteiger partial charge on any atom is -0.456 e. The van der Waals surface area contributed by atoms with Crippen LogP contribution in [0.5, 0.6) is 0 Å². The lowest BCUT2D eigenvalue weighted by molar-refractivity contribution is 0.669. The van der Waals surface area contributed by atoms with Gasteiger partial charge in [-0.15, -0.1) is 0 Å². The molecule has 0 bridgehead atoms. The van der Waals surface area contributed by atoms with Crippen molar-refractivity contribution >= 4 is 75.8 Å². The molecule has 0 radical (unpaired) electrons. The van der Waals surface area contributed by atoms with Gasteiger partial charge >= 0.3 is 0 Å². The third-order valence-corrected chi connectivity index (χ3v) is 8.25. The van der Waals surface area contributed by atoms with Gasteiger partial charge in [0.2, 0.25) is 0 Å². The highest BCUT2D eigenvalue weighted by atomic mass is 16.3. The molecular formula is C44H26O. The summed E-state index contributed by atoms with van der Waals surface area (Å²) in [6, 6.07) is 3.24. The molecule has 10 rings (SSSR count). The van der Waals surface area contributed by atoms with Gasteiger partial charge in [-0.05, 0) is 100 Å². The standard InChI is InChI=1S/C44H26O/c1-2-13-28-26-41-39(24-27(28)12-1)44-37(22-11-23-40(44)45-41)42-33-18-7-9-20-35(33)43(36-21-10-8-19-34(36)42)38-25-29-14-3-4-15-30(29)31-16-5-6-17-32(31)38/h1-26H/i1D,2D,3D,4D,5D,6D,11D,12D,13D,14D,15D,16D,17D,22D,23D,24D,25D,26D. The summed E-state index contributed by atoms with van der Waals surface area (Å²) < 4.78 is 167. The first-order valence-corrected chi connectivity index (χ1v) is 14.1. The summed E-state index contributed by atoms with van der Waals surface area (Å²) >= 11 is 0. The predicted molar refractivity (Wildman–Crippen MR) is 192 cm³/mol. The maximum absolute atomic E-state index is 9.78. The predicted octanol–water partition coefficient (Wildman–Crippen LogP) is 12.7. The molecule has 0 aliphatic carbocycles. The van der Waals surface area contributed by atoms with Gasteiger partial charge in [0.1, 0.15) is 11.2 Å². The van der Waals surface area contributed by atoms with E-state index in [9.17, 15) is 5.48 Å². The van der Waals surface area contributed by atoms with Gasteiger partial charge in [-0.1, -0.05) is 133 Å². The highest BCUT2D eigenvalue weighted by Crippen LogP contribution is 2.48. The van der Waals surface area contributed by atoms with Crippen molar-refractivity contribution in [2.45, 2.75) is 0 Å². The fourth-order valence-electron chi connectivity index (χ4n) is 6.43. The Labute approximate surface area is 284 Å². The largest absolute Gasteiger partial charge is 0.456 e. The van der Waals surface area contributed by atoms with Crippen LogP contribution in [0, 0.1) is 0 Å². The molecule has 0 unspecified atom stereocenters. The molecule has 208 valence electrons. The molecule has 0 N–H and O–H groups in total. The Morgan fingerprint density at radius 1 is 0.378 bits per heavy atom. The van der Waals surface area contributed by atoms with Gasteiger partial charge < -0.3 is 4.42 Å². The van der Waals surface area contributed by atoms with Crippen molar-refractivity contribution in [1.82, 2.24) is 0 Å².